The van der Waals surface area contributed by atoms with Crippen LogP contribution in [0.2, 0.25) is 0 Å². The Labute approximate surface area is 123 Å². The number of anilines is 1. The molecular formula is C18H28N2. The zero-order chi connectivity index (χ0) is 13.8. The maximum Gasteiger partial charge on any atom is 0.0399 e. The highest BCUT2D eigenvalue weighted by atomic mass is 15.2. The van der Waals surface area contributed by atoms with E-state index in [9.17, 15) is 0 Å². The summed E-state index contributed by atoms with van der Waals surface area (Å²) >= 11 is 0. The van der Waals surface area contributed by atoms with E-state index in [0.717, 1.165) is 5.92 Å². The molecule has 0 amide bonds. The minimum Gasteiger partial charge on any atom is -0.370 e. The molecule has 1 N–H and O–H groups in total. The fraction of sp³-hybridized carbons (Fsp3) is 0.667. The Balaban J connectivity index is 1.75. The number of fused-ring (bicyclic) bond motifs is 1. The molecule has 3 rings (SSSR count). The number of benzene rings is 1. The molecule has 0 radical (unpaired) electrons. The predicted octanol–water partition coefficient (Wildman–Crippen LogP) is 3.61. The first-order chi connectivity index (χ1) is 9.88. The lowest BCUT2D eigenvalue weighted by Crippen LogP contribution is -2.44. The summed E-state index contributed by atoms with van der Waals surface area (Å²) in [5.41, 5.74) is 3.04. The highest BCUT2D eigenvalue weighted by Gasteiger charge is 2.26. The average Bonchev–Trinajstić information content (AvgIpc) is 2.94. The van der Waals surface area contributed by atoms with Gasteiger partial charge in [-0.1, -0.05) is 31.0 Å². The molecule has 1 saturated carbocycles. The molecule has 110 valence electrons. The minimum atomic E-state index is 0.656. The third kappa shape index (κ3) is 3.01. The van der Waals surface area contributed by atoms with Crippen molar-refractivity contribution in [3.05, 3.63) is 29.8 Å². The molecular weight excluding hydrogens is 244 g/mol. The number of nitrogens with one attached hydrogen (secondary N) is 1. The van der Waals surface area contributed by atoms with Gasteiger partial charge in [-0.3, -0.25) is 0 Å². The fourth-order valence-corrected chi connectivity index (χ4v) is 4.03. The molecule has 2 nitrogen and oxygen atoms in total. The van der Waals surface area contributed by atoms with Gasteiger partial charge in [-0.05, 0) is 56.7 Å². The van der Waals surface area contributed by atoms with Crippen LogP contribution in [-0.4, -0.2) is 26.2 Å². The maximum atomic E-state index is 3.60. The highest BCUT2D eigenvalue weighted by molar-refractivity contribution is 5.54. The number of likely N-dealkylation sites (N-methyl/N-ethyl adjacent to an activating group) is 1. The molecule has 1 heterocycles. The van der Waals surface area contributed by atoms with Crippen molar-refractivity contribution in [1.82, 2.24) is 5.32 Å². The van der Waals surface area contributed by atoms with E-state index in [1.54, 1.807) is 5.56 Å². The van der Waals surface area contributed by atoms with Gasteiger partial charge in [-0.2, -0.15) is 0 Å². The predicted molar refractivity (Wildman–Crippen MR) is 86.4 cm³/mol. The van der Waals surface area contributed by atoms with Gasteiger partial charge in [-0.15, -0.1) is 0 Å². The second-order valence-corrected chi connectivity index (χ2v) is 6.47. The van der Waals surface area contributed by atoms with Gasteiger partial charge < -0.3 is 10.2 Å². The van der Waals surface area contributed by atoms with Crippen LogP contribution in [0.1, 0.15) is 44.1 Å². The van der Waals surface area contributed by atoms with Crippen molar-refractivity contribution in [3.8, 4) is 0 Å². The quantitative estimate of drug-likeness (QED) is 0.901. The van der Waals surface area contributed by atoms with Crippen molar-refractivity contribution in [2.24, 2.45) is 5.92 Å². The minimum absolute atomic E-state index is 0.656. The lowest BCUT2D eigenvalue weighted by atomic mass is 9.97. The molecule has 0 saturated heterocycles. The number of nitrogens with zero attached hydrogens (tertiary/aromatic N) is 1. The standard InChI is InChI=1S/C18H28N2/c1-19-17(15-8-2-3-9-15)14-20-13-7-6-11-16-10-4-5-12-18(16)20/h4-5,10,12,15,17,19H,2-3,6-9,11,13-14H2,1H3. The van der Waals surface area contributed by atoms with Crippen molar-refractivity contribution in [3.63, 3.8) is 0 Å². The zero-order valence-corrected chi connectivity index (χ0v) is 12.8. The molecule has 0 spiro atoms. The Morgan fingerprint density at radius 3 is 2.75 bits per heavy atom. The van der Waals surface area contributed by atoms with Gasteiger partial charge in [0, 0.05) is 24.8 Å². The Hall–Kier alpha value is -1.02. The molecule has 1 aromatic carbocycles. The van der Waals surface area contributed by atoms with Crippen LogP contribution >= 0.6 is 0 Å². The Morgan fingerprint density at radius 1 is 1.15 bits per heavy atom. The second-order valence-electron chi connectivity index (χ2n) is 6.47. The molecule has 20 heavy (non-hydrogen) atoms. The van der Waals surface area contributed by atoms with Gasteiger partial charge in [0.2, 0.25) is 0 Å². The van der Waals surface area contributed by atoms with Crippen LogP contribution < -0.4 is 10.2 Å². The van der Waals surface area contributed by atoms with E-state index in [1.807, 2.05) is 0 Å². The van der Waals surface area contributed by atoms with E-state index in [2.05, 4.69) is 41.5 Å². The topological polar surface area (TPSA) is 15.3 Å². The van der Waals surface area contributed by atoms with E-state index in [1.165, 1.54) is 63.7 Å². The SMILES string of the molecule is CNC(CN1CCCCc2ccccc21)C1CCCC1. The van der Waals surface area contributed by atoms with Crippen LogP contribution in [0.15, 0.2) is 24.3 Å². The highest BCUT2D eigenvalue weighted by Crippen LogP contribution is 2.31. The van der Waals surface area contributed by atoms with E-state index in [4.69, 9.17) is 0 Å². The fourth-order valence-electron chi connectivity index (χ4n) is 4.03. The molecule has 1 unspecified atom stereocenters. The molecule has 1 fully saturated rings. The van der Waals surface area contributed by atoms with E-state index >= 15 is 0 Å². The summed E-state index contributed by atoms with van der Waals surface area (Å²) in [5, 5.41) is 3.60. The zero-order valence-electron chi connectivity index (χ0n) is 12.8. The first kappa shape index (κ1) is 13.9. The third-order valence-electron chi connectivity index (χ3n) is 5.21. The summed E-state index contributed by atoms with van der Waals surface area (Å²) in [6.45, 7) is 2.40. The van der Waals surface area contributed by atoms with Gasteiger partial charge in [0.1, 0.15) is 0 Å². The van der Waals surface area contributed by atoms with Crippen molar-refractivity contribution in [1.29, 1.82) is 0 Å². The number of hydrogen-bond donors (Lipinski definition) is 1. The Kier molecular flexibility index (Phi) is 4.62. The molecule has 0 bridgehead atoms. The number of aryl methyl sites for hydroxylation is 1. The molecule has 0 aromatic heterocycles. The van der Waals surface area contributed by atoms with Crippen molar-refractivity contribution >= 4 is 5.69 Å². The number of rotatable bonds is 4. The molecule has 2 heteroatoms. The van der Waals surface area contributed by atoms with Crippen LogP contribution in [0.5, 0.6) is 0 Å². The summed E-state index contributed by atoms with van der Waals surface area (Å²) in [5.74, 6) is 0.885. The number of hydrogen-bond acceptors (Lipinski definition) is 2. The number of para-hydroxylation sites is 1. The van der Waals surface area contributed by atoms with Gasteiger partial charge >= 0.3 is 0 Å². The molecule has 1 atom stereocenters. The van der Waals surface area contributed by atoms with Crippen LogP contribution in [0.4, 0.5) is 5.69 Å². The first-order valence-corrected chi connectivity index (χ1v) is 8.38. The molecule has 1 aromatic rings. The van der Waals surface area contributed by atoms with Crippen LogP contribution in [0.25, 0.3) is 0 Å². The van der Waals surface area contributed by atoms with Crippen molar-refractivity contribution < 1.29 is 0 Å². The lowest BCUT2D eigenvalue weighted by Gasteiger charge is -2.32. The largest absolute Gasteiger partial charge is 0.370 e. The smallest absolute Gasteiger partial charge is 0.0399 e. The third-order valence-corrected chi connectivity index (χ3v) is 5.21. The summed E-state index contributed by atoms with van der Waals surface area (Å²) in [7, 11) is 2.15. The van der Waals surface area contributed by atoms with E-state index < -0.39 is 0 Å². The summed E-state index contributed by atoms with van der Waals surface area (Å²) < 4.78 is 0. The summed E-state index contributed by atoms with van der Waals surface area (Å²) in [6.07, 6.45) is 9.61. The Bertz CT molecular complexity index is 423. The summed E-state index contributed by atoms with van der Waals surface area (Å²) in [6, 6.07) is 9.68. The van der Waals surface area contributed by atoms with Crippen LogP contribution in [0, 0.1) is 5.92 Å². The van der Waals surface area contributed by atoms with Gasteiger partial charge in [0.15, 0.2) is 0 Å². The average molecular weight is 272 g/mol. The molecule has 2 aliphatic rings. The van der Waals surface area contributed by atoms with Gasteiger partial charge in [-0.25, -0.2) is 0 Å². The van der Waals surface area contributed by atoms with Gasteiger partial charge in [0.25, 0.3) is 0 Å². The summed E-state index contributed by atoms with van der Waals surface area (Å²) in [4.78, 5) is 2.64. The van der Waals surface area contributed by atoms with E-state index in [0.29, 0.717) is 6.04 Å². The lowest BCUT2D eigenvalue weighted by molar-refractivity contribution is 0.377. The molecule has 1 aliphatic heterocycles. The maximum absolute atomic E-state index is 3.60. The van der Waals surface area contributed by atoms with Crippen LogP contribution in [0.3, 0.4) is 0 Å². The normalized spacial score (nSPS) is 21.6. The first-order valence-electron chi connectivity index (χ1n) is 8.38. The van der Waals surface area contributed by atoms with Crippen molar-refractivity contribution in [2.75, 3.05) is 25.0 Å². The van der Waals surface area contributed by atoms with Gasteiger partial charge in [0.05, 0.1) is 0 Å². The van der Waals surface area contributed by atoms with E-state index in [-0.39, 0.29) is 0 Å². The molecule has 1 aliphatic carbocycles. The second kappa shape index (κ2) is 6.62. The Morgan fingerprint density at radius 2 is 1.95 bits per heavy atom. The van der Waals surface area contributed by atoms with Crippen molar-refractivity contribution in [2.45, 2.75) is 51.0 Å². The van der Waals surface area contributed by atoms with Crippen LogP contribution in [-0.2, 0) is 6.42 Å². The monoisotopic (exact) mass is 272 g/mol.